The summed E-state index contributed by atoms with van der Waals surface area (Å²) in [5.41, 5.74) is 6.60. The Kier molecular flexibility index (Phi) is 18.2. The van der Waals surface area contributed by atoms with Crippen molar-refractivity contribution in [1.82, 2.24) is 9.97 Å². The van der Waals surface area contributed by atoms with Gasteiger partial charge in [0.2, 0.25) is 5.88 Å². The first-order valence-corrected chi connectivity index (χ1v) is 25.1. The van der Waals surface area contributed by atoms with E-state index in [9.17, 15) is 0 Å². The molecule has 2 atom stereocenters. The zero-order valence-corrected chi connectivity index (χ0v) is 36.3. The standard InChI is InChI=1S/C26H36N2O2Si.C18H32O2Si/c1-26(2,3)24(30-31(4)5)12-8-9-20-13-15-21(16-14-20)17-18-29-25-22-10-6-7-11-23(22)27-19-28-25;1-18(2,3)17(20-21(4)5)8-6-7-15-9-11-16(12-10-15)13-14-19/h6-7,10-11,13-16,19,24,31H,8-9,12,17-18H2,1-5H3;9-12,17,19,21H,6-8,13-14H2,1-5H3. The highest BCUT2D eigenvalue weighted by atomic mass is 28.3. The number of rotatable bonds is 18. The highest BCUT2D eigenvalue weighted by Gasteiger charge is 2.26. The molecule has 1 aromatic heterocycles. The molecule has 4 rings (SSSR count). The van der Waals surface area contributed by atoms with Crippen molar-refractivity contribution in [3.63, 3.8) is 0 Å². The number of aromatic nitrogens is 2. The first-order valence-electron chi connectivity index (χ1n) is 19.6. The van der Waals surface area contributed by atoms with E-state index in [1.54, 1.807) is 6.33 Å². The second-order valence-corrected chi connectivity index (χ2v) is 21.5. The van der Waals surface area contributed by atoms with Crippen molar-refractivity contribution in [3.8, 4) is 5.88 Å². The average molecular weight is 745 g/mol. The SMILES string of the molecule is C[SiH](C)OC(CCCc1ccc(CCO)cc1)C(C)(C)C.C[SiH](C)OC(CCCc1ccc(CCOc2ncnc3ccccc23)cc1)C(C)(C)C. The second-order valence-electron chi connectivity index (χ2n) is 16.8. The summed E-state index contributed by atoms with van der Waals surface area (Å²) in [6.45, 7) is 23.5. The zero-order chi connectivity index (χ0) is 38.1. The quantitative estimate of drug-likeness (QED) is 0.102. The predicted molar refractivity (Wildman–Crippen MR) is 225 cm³/mol. The van der Waals surface area contributed by atoms with Crippen LogP contribution in [0.15, 0.2) is 79.1 Å². The molecule has 8 heteroatoms. The van der Waals surface area contributed by atoms with Crippen LogP contribution in [-0.4, -0.2) is 58.6 Å². The predicted octanol–water partition coefficient (Wildman–Crippen LogP) is 9.95. The Labute approximate surface area is 319 Å². The minimum atomic E-state index is -1.02. The fourth-order valence-electron chi connectivity index (χ4n) is 6.29. The van der Waals surface area contributed by atoms with E-state index < -0.39 is 18.1 Å². The Hall–Kier alpha value is -2.89. The van der Waals surface area contributed by atoms with Gasteiger partial charge in [-0.05, 0) is 116 Å². The lowest BCUT2D eigenvalue weighted by Crippen LogP contribution is -2.33. The van der Waals surface area contributed by atoms with E-state index in [-0.39, 0.29) is 17.4 Å². The van der Waals surface area contributed by atoms with E-state index in [4.69, 9.17) is 18.7 Å². The van der Waals surface area contributed by atoms with Crippen molar-refractivity contribution in [2.24, 2.45) is 10.8 Å². The minimum absolute atomic E-state index is 0.204. The molecule has 4 aromatic rings. The Morgan fingerprint density at radius 1 is 0.596 bits per heavy atom. The molecule has 3 aromatic carbocycles. The molecule has 0 bridgehead atoms. The van der Waals surface area contributed by atoms with Gasteiger partial charge in [-0.25, -0.2) is 9.97 Å². The summed E-state index contributed by atoms with van der Waals surface area (Å²) in [6, 6.07) is 25.5. The van der Waals surface area contributed by atoms with E-state index in [2.05, 4.69) is 126 Å². The number of ether oxygens (including phenoxy) is 1. The van der Waals surface area contributed by atoms with Gasteiger partial charge in [0, 0.05) is 25.2 Å². The number of fused-ring (bicyclic) bond motifs is 1. The second kappa shape index (κ2) is 21.7. The number of nitrogens with zero attached hydrogens (tertiary/aromatic N) is 2. The maximum absolute atomic E-state index is 8.93. The molecule has 0 saturated carbocycles. The molecule has 286 valence electrons. The Morgan fingerprint density at radius 3 is 1.48 bits per heavy atom. The summed E-state index contributed by atoms with van der Waals surface area (Å²) < 4.78 is 18.5. The molecule has 1 heterocycles. The minimum Gasteiger partial charge on any atom is -0.477 e. The first-order chi connectivity index (χ1) is 24.7. The molecule has 1 N–H and O–H groups in total. The summed E-state index contributed by atoms with van der Waals surface area (Å²) in [6.07, 6.45) is 10.7. The van der Waals surface area contributed by atoms with Crippen LogP contribution in [0.3, 0.4) is 0 Å². The van der Waals surface area contributed by atoms with Crippen LogP contribution in [-0.2, 0) is 34.5 Å². The van der Waals surface area contributed by atoms with Crippen molar-refractivity contribution in [1.29, 1.82) is 0 Å². The van der Waals surface area contributed by atoms with Crippen molar-refractivity contribution in [2.45, 2.75) is 131 Å². The van der Waals surface area contributed by atoms with Gasteiger partial charge in [-0.15, -0.1) is 0 Å². The molecule has 2 unspecified atom stereocenters. The van der Waals surface area contributed by atoms with Crippen LogP contribution >= 0.6 is 0 Å². The van der Waals surface area contributed by atoms with Gasteiger partial charge in [-0.2, -0.15) is 0 Å². The molecule has 52 heavy (non-hydrogen) atoms. The van der Waals surface area contributed by atoms with Crippen LogP contribution in [0.1, 0.15) is 89.5 Å². The van der Waals surface area contributed by atoms with E-state index in [0.29, 0.717) is 24.7 Å². The van der Waals surface area contributed by atoms with Gasteiger partial charge in [0.15, 0.2) is 18.1 Å². The summed E-state index contributed by atoms with van der Waals surface area (Å²) in [5, 5.41) is 9.89. The van der Waals surface area contributed by atoms with Crippen LogP contribution in [0.2, 0.25) is 26.2 Å². The van der Waals surface area contributed by atoms with Crippen LogP contribution in [0.4, 0.5) is 0 Å². The smallest absolute Gasteiger partial charge is 0.224 e. The fraction of sp³-hybridized carbons (Fsp3) is 0.545. The lowest BCUT2D eigenvalue weighted by Gasteiger charge is -2.32. The third-order valence-electron chi connectivity index (χ3n) is 9.25. The van der Waals surface area contributed by atoms with Gasteiger partial charge in [-0.3, -0.25) is 0 Å². The summed E-state index contributed by atoms with van der Waals surface area (Å²) in [7, 11) is -2.00. The molecule has 0 aliphatic carbocycles. The molecule has 0 fully saturated rings. The van der Waals surface area contributed by atoms with Crippen LogP contribution in [0.25, 0.3) is 10.9 Å². The topological polar surface area (TPSA) is 73.7 Å². The number of hydrogen-bond donors (Lipinski definition) is 1. The summed E-state index contributed by atoms with van der Waals surface area (Å²) >= 11 is 0. The van der Waals surface area contributed by atoms with Crippen LogP contribution in [0, 0.1) is 10.8 Å². The number of aryl methyl sites for hydroxylation is 2. The third kappa shape index (κ3) is 16.0. The number of aliphatic hydroxyl groups excluding tert-OH is 1. The molecule has 6 nitrogen and oxygen atoms in total. The van der Waals surface area contributed by atoms with E-state index in [0.717, 1.165) is 55.8 Å². The van der Waals surface area contributed by atoms with E-state index in [1.165, 1.54) is 28.7 Å². The lowest BCUT2D eigenvalue weighted by atomic mass is 9.86. The normalized spacial score (nSPS) is 13.2. The van der Waals surface area contributed by atoms with Crippen LogP contribution < -0.4 is 4.74 Å². The molecular formula is C44H68N2O4Si2. The third-order valence-corrected chi connectivity index (χ3v) is 11.0. The first kappa shape index (κ1) is 43.5. The zero-order valence-electron chi connectivity index (χ0n) is 34.0. The maximum atomic E-state index is 8.93. The van der Waals surface area contributed by atoms with Gasteiger partial charge in [0.1, 0.15) is 6.33 Å². The Bertz CT molecular complexity index is 1560. The monoisotopic (exact) mass is 744 g/mol. The van der Waals surface area contributed by atoms with Crippen LogP contribution in [0.5, 0.6) is 5.88 Å². The fourth-order valence-corrected chi connectivity index (χ4v) is 8.69. The number of hydrogen-bond acceptors (Lipinski definition) is 6. The van der Waals surface area contributed by atoms with E-state index in [1.807, 2.05) is 24.3 Å². The van der Waals surface area contributed by atoms with Gasteiger partial charge in [0.25, 0.3) is 0 Å². The molecule has 0 aliphatic rings. The van der Waals surface area contributed by atoms with Crippen molar-refractivity contribution < 1.29 is 18.7 Å². The molecule has 0 aliphatic heterocycles. The Balaban J connectivity index is 0.000000304. The lowest BCUT2D eigenvalue weighted by molar-refractivity contribution is 0.0767. The molecule has 0 saturated heterocycles. The summed E-state index contributed by atoms with van der Waals surface area (Å²) in [5.74, 6) is 0.655. The Morgan fingerprint density at radius 2 is 1.04 bits per heavy atom. The van der Waals surface area contributed by atoms with Gasteiger partial charge in [-0.1, -0.05) is 102 Å². The molecule has 0 radical (unpaired) electrons. The van der Waals surface area contributed by atoms with Crippen molar-refractivity contribution in [2.75, 3.05) is 13.2 Å². The van der Waals surface area contributed by atoms with Crippen molar-refractivity contribution in [3.05, 3.63) is 101 Å². The molecule has 0 amide bonds. The number of aliphatic hydroxyl groups is 1. The van der Waals surface area contributed by atoms with Gasteiger partial charge < -0.3 is 18.7 Å². The molecular weight excluding hydrogens is 677 g/mol. The average Bonchev–Trinajstić information content (AvgIpc) is 3.08. The highest BCUT2D eigenvalue weighted by Crippen LogP contribution is 2.29. The largest absolute Gasteiger partial charge is 0.477 e. The van der Waals surface area contributed by atoms with E-state index >= 15 is 0 Å². The van der Waals surface area contributed by atoms with Gasteiger partial charge >= 0.3 is 0 Å². The van der Waals surface area contributed by atoms with Crippen molar-refractivity contribution >= 4 is 29.0 Å². The highest BCUT2D eigenvalue weighted by molar-refractivity contribution is 6.48. The molecule has 0 spiro atoms. The maximum Gasteiger partial charge on any atom is 0.224 e. The number of para-hydroxylation sites is 1. The van der Waals surface area contributed by atoms with Gasteiger partial charge in [0.05, 0.1) is 17.5 Å². The number of benzene rings is 3. The summed E-state index contributed by atoms with van der Waals surface area (Å²) in [4.78, 5) is 8.58.